The van der Waals surface area contributed by atoms with Gasteiger partial charge in [0.05, 0.1) is 12.8 Å². The molecular formula is C26H32FN5O2. The van der Waals surface area contributed by atoms with E-state index in [0.717, 1.165) is 24.7 Å². The average Bonchev–Trinajstić information content (AvgIpc) is 3.21. The fraction of sp³-hybridized carbons (Fsp3) is 0.577. The number of methoxy groups -OCH3 is 1. The van der Waals surface area contributed by atoms with Gasteiger partial charge in [0.1, 0.15) is 17.3 Å². The Labute approximate surface area is 199 Å². The van der Waals surface area contributed by atoms with Gasteiger partial charge < -0.3 is 19.9 Å². The Balaban J connectivity index is 1.15. The molecule has 7 rings (SSSR count). The Hall–Kier alpha value is -2.90. The second-order valence-corrected chi connectivity index (χ2v) is 10.7. The third kappa shape index (κ3) is 3.58. The first kappa shape index (κ1) is 21.6. The summed E-state index contributed by atoms with van der Waals surface area (Å²) in [4.78, 5) is 26.5. The van der Waals surface area contributed by atoms with Crippen LogP contribution in [0.25, 0.3) is 0 Å². The largest absolute Gasteiger partial charge is 0.497 e. The molecular weight excluding hydrogens is 433 g/mol. The van der Waals surface area contributed by atoms with Gasteiger partial charge in [-0.2, -0.15) is 0 Å². The number of piperazine rings is 1. The first-order valence-electron chi connectivity index (χ1n) is 12.4. The fourth-order valence-corrected chi connectivity index (χ4v) is 7.25. The summed E-state index contributed by atoms with van der Waals surface area (Å²) < 4.78 is 19.7. The van der Waals surface area contributed by atoms with Crippen molar-refractivity contribution in [1.82, 2.24) is 15.3 Å². The van der Waals surface area contributed by atoms with E-state index in [1.54, 1.807) is 24.4 Å². The quantitative estimate of drug-likeness (QED) is 0.727. The van der Waals surface area contributed by atoms with Gasteiger partial charge >= 0.3 is 0 Å². The van der Waals surface area contributed by atoms with Crippen LogP contribution in [-0.2, 0) is 0 Å². The Bertz CT molecular complexity index is 1100. The number of anilines is 2. The van der Waals surface area contributed by atoms with E-state index in [1.807, 2.05) is 4.90 Å². The number of benzene rings is 1. The van der Waals surface area contributed by atoms with Crippen LogP contribution in [0.15, 0.2) is 30.5 Å². The van der Waals surface area contributed by atoms with Crippen LogP contribution in [0.4, 0.5) is 16.0 Å². The van der Waals surface area contributed by atoms with Crippen LogP contribution in [0.3, 0.4) is 0 Å². The smallest absolute Gasteiger partial charge is 0.270 e. The van der Waals surface area contributed by atoms with Gasteiger partial charge in [0.15, 0.2) is 0 Å². The summed E-state index contributed by atoms with van der Waals surface area (Å²) in [6.45, 7) is 4.00. The average molecular weight is 466 g/mol. The zero-order valence-corrected chi connectivity index (χ0v) is 19.8. The molecule has 0 unspecified atom stereocenters. The molecule has 2 aromatic rings. The lowest BCUT2D eigenvalue weighted by Crippen LogP contribution is -2.53. The van der Waals surface area contributed by atoms with Crippen molar-refractivity contribution in [2.45, 2.75) is 50.6 Å². The minimum atomic E-state index is -0.288. The van der Waals surface area contributed by atoms with Crippen molar-refractivity contribution in [1.29, 1.82) is 0 Å². The van der Waals surface area contributed by atoms with E-state index in [-0.39, 0.29) is 23.3 Å². The van der Waals surface area contributed by atoms with Crippen molar-refractivity contribution in [3.05, 3.63) is 42.0 Å². The van der Waals surface area contributed by atoms with Crippen LogP contribution in [0.5, 0.6) is 5.75 Å². The molecule has 0 radical (unpaired) electrons. The van der Waals surface area contributed by atoms with E-state index in [1.165, 1.54) is 32.4 Å². The fourth-order valence-electron chi connectivity index (χ4n) is 7.25. The van der Waals surface area contributed by atoms with Crippen molar-refractivity contribution in [2.24, 2.45) is 17.8 Å². The number of aromatic nitrogens is 2. The summed E-state index contributed by atoms with van der Waals surface area (Å²) in [5.41, 5.74) is 0.986. The minimum Gasteiger partial charge on any atom is -0.497 e. The van der Waals surface area contributed by atoms with Gasteiger partial charge in [-0.15, -0.1) is 0 Å². The molecule has 8 heteroatoms. The molecule has 5 aliphatic rings. The lowest BCUT2D eigenvalue weighted by molar-refractivity contribution is 0.0869. The molecule has 34 heavy (non-hydrogen) atoms. The predicted molar refractivity (Wildman–Crippen MR) is 128 cm³/mol. The number of nitrogens with zero attached hydrogens (tertiary/aromatic N) is 4. The van der Waals surface area contributed by atoms with Gasteiger partial charge in [-0.05, 0) is 75.0 Å². The molecule has 4 saturated carbocycles. The maximum atomic E-state index is 14.6. The van der Waals surface area contributed by atoms with Crippen molar-refractivity contribution >= 4 is 17.5 Å². The molecule has 1 aromatic heterocycles. The molecule has 1 N–H and O–H groups in total. The van der Waals surface area contributed by atoms with Gasteiger partial charge in [0.25, 0.3) is 5.91 Å². The van der Waals surface area contributed by atoms with Crippen LogP contribution in [-0.4, -0.2) is 54.2 Å². The first-order chi connectivity index (χ1) is 16.4. The van der Waals surface area contributed by atoms with Crippen molar-refractivity contribution in [3.63, 3.8) is 0 Å². The summed E-state index contributed by atoms with van der Waals surface area (Å²) >= 11 is 0. The van der Waals surface area contributed by atoms with Crippen LogP contribution < -0.4 is 19.9 Å². The van der Waals surface area contributed by atoms with E-state index in [4.69, 9.17) is 4.74 Å². The highest BCUT2D eigenvalue weighted by atomic mass is 19.1. The van der Waals surface area contributed by atoms with E-state index in [0.29, 0.717) is 48.6 Å². The lowest BCUT2D eigenvalue weighted by Gasteiger charge is -2.41. The number of carbonyl (C=O) groups excluding carboxylic acids is 1. The standard InChI is InChI=1S/C26H32FN5O2/c1-16-15-31(23-4-3-20(34-2)12-21(23)27)7-8-32(16)25-28-6-5-22(29-25)24(33)30-26-13-17-9-18(14-26)11-19(26)10-17/h3-6,12,16-19H,7-11,13-15H2,1-2H3,(H,30,33)/t16-,17-,18+,19-,26+/m1/s1. The van der Waals surface area contributed by atoms with Gasteiger partial charge in [-0.1, -0.05) is 0 Å². The molecule has 5 atom stereocenters. The molecule has 5 fully saturated rings. The van der Waals surface area contributed by atoms with Gasteiger partial charge in [0, 0.05) is 43.5 Å². The summed E-state index contributed by atoms with van der Waals surface area (Å²) in [5.74, 6) is 2.90. The highest BCUT2D eigenvalue weighted by Crippen LogP contribution is 2.60. The van der Waals surface area contributed by atoms with E-state index >= 15 is 0 Å². The Morgan fingerprint density at radius 2 is 1.97 bits per heavy atom. The third-order valence-electron chi connectivity index (χ3n) is 8.61. The van der Waals surface area contributed by atoms with E-state index < -0.39 is 0 Å². The Morgan fingerprint density at radius 1 is 1.18 bits per heavy atom. The highest BCUT2D eigenvalue weighted by Gasteiger charge is 2.58. The highest BCUT2D eigenvalue weighted by molar-refractivity contribution is 5.93. The number of ether oxygens (including phenoxy) is 1. The molecule has 7 nitrogen and oxygen atoms in total. The zero-order chi connectivity index (χ0) is 23.4. The Morgan fingerprint density at radius 3 is 2.68 bits per heavy atom. The molecule has 2 heterocycles. The number of carbonyl (C=O) groups is 1. The number of amides is 1. The van der Waals surface area contributed by atoms with Crippen molar-refractivity contribution < 1.29 is 13.9 Å². The number of nitrogens with one attached hydrogen (secondary N) is 1. The Kier molecular flexibility index (Phi) is 5.15. The van der Waals surface area contributed by atoms with Gasteiger partial charge in [-0.25, -0.2) is 14.4 Å². The molecule has 1 saturated heterocycles. The molecule has 180 valence electrons. The first-order valence-corrected chi connectivity index (χ1v) is 12.4. The maximum absolute atomic E-state index is 14.6. The van der Waals surface area contributed by atoms with Crippen LogP contribution in [0, 0.1) is 23.6 Å². The van der Waals surface area contributed by atoms with Crippen LogP contribution in [0.1, 0.15) is 49.5 Å². The second-order valence-electron chi connectivity index (χ2n) is 10.7. The molecule has 1 aromatic carbocycles. The number of hydrogen-bond acceptors (Lipinski definition) is 6. The lowest BCUT2D eigenvalue weighted by atomic mass is 9.80. The van der Waals surface area contributed by atoms with Crippen molar-refractivity contribution in [3.8, 4) is 5.75 Å². The topological polar surface area (TPSA) is 70.6 Å². The summed E-state index contributed by atoms with van der Waals surface area (Å²) in [7, 11) is 1.53. The predicted octanol–water partition coefficient (Wildman–Crippen LogP) is 3.65. The van der Waals surface area contributed by atoms with Gasteiger partial charge in [-0.3, -0.25) is 4.79 Å². The number of rotatable bonds is 5. The summed E-state index contributed by atoms with van der Waals surface area (Å²) in [6, 6.07) is 6.74. The van der Waals surface area contributed by atoms with Crippen LogP contribution >= 0.6 is 0 Å². The van der Waals surface area contributed by atoms with Crippen LogP contribution in [0.2, 0.25) is 0 Å². The minimum absolute atomic E-state index is 0.0167. The van der Waals surface area contributed by atoms with E-state index in [9.17, 15) is 9.18 Å². The molecule has 4 aliphatic carbocycles. The number of halogens is 1. The summed E-state index contributed by atoms with van der Waals surface area (Å²) in [6.07, 6.45) is 7.80. The van der Waals surface area contributed by atoms with E-state index in [2.05, 4.69) is 27.1 Å². The SMILES string of the molecule is COc1ccc(N2CCN(c3nccc(C(=O)N[C@]45C[C@@H]6C[C@@H](C[C@H]4C6)C5)n3)[C@H](C)C2)c(F)c1. The maximum Gasteiger partial charge on any atom is 0.270 e. The normalized spacial score (nSPS) is 31.7. The molecule has 1 aliphatic heterocycles. The number of hydrogen-bond donors (Lipinski definition) is 1. The molecule has 4 bridgehead atoms. The monoisotopic (exact) mass is 465 g/mol. The molecule has 0 spiro atoms. The zero-order valence-electron chi connectivity index (χ0n) is 19.8. The van der Waals surface area contributed by atoms with Crippen molar-refractivity contribution in [2.75, 3.05) is 36.5 Å². The second kappa shape index (κ2) is 8.10. The summed E-state index contributed by atoms with van der Waals surface area (Å²) in [5, 5.41) is 3.41. The molecule has 1 amide bonds. The van der Waals surface area contributed by atoms with Gasteiger partial charge in [0.2, 0.25) is 5.95 Å². The third-order valence-corrected chi connectivity index (χ3v) is 8.61.